The largest absolute Gasteiger partial charge is 0.378 e. The van der Waals surface area contributed by atoms with E-state index in [1.54, 1.807) is 29.2 Å². The maximum Gasteiger partial charge on any atom is 0.254 e. The van der Waals surface area contributed by atoms with E-state index in [4.69, 9.17) is 4.74 Å². The summed E-state index contributed by atoms with van der Waals surface area (Å²) < 4.78 is 5.27. The first kappa shape index (κ1) is 16.0. The van der Waals surface area contributed by atoms with Gasteiger partial charge in [-0.15, -0.1) is 0 Å². The molecule has 0 saturated carbocycles. The summed E-state index contributed by atoms with van der Waals surface area (Å²) in [6.45, 7) is 6.33. The van der Waals surface area contributed by atoms with Crippen LogP contribution >= 0.6 is 0 Å². The van der Waals surface area contributed by atoms with E-state index in [2.05, 4.69) is 6.92 Å². The van der Waals surface area contributed by atoms with Gasteiger partial charge in [-0.1, -0.05) is 6.92 Å². The molecule has 0 aliphatic carbocycles. The van der Waals surface area contributed by atoms with E-state index in [1.165, 1.54) is 0 Å². The highest BCUT2D eigenvalue weighted by Gasteiger charge is 2.22. The first-order chi connectivity index (χ1) is 11.1. The lowest BCUT2D eigenvalue weighted by atomic mass is 9.98. The van der Waals surface area contributed by atoms with Gasteiger partial charge in [0.05, 0.1) is 13.2 Å². The fraction of sp³-hybridized carbons (Fsp3) is 0.556. The number of benzene rings is 1. The quantitative estimate of drug-likeness (QED) is 0.839. The predicted molar refractivity (Wildman–Crippen MR) is 87.5 cm³/mol. The number of piperidine rings is 1. The number of carbonyl (C=O) groups is 2. The van der Waals surface area contributed by atoms with Crippen molar-refractivity contribution < 1.29 is 14.3 Å². The molecule has 0 unspecified atom stereocenters. The Hall–Kier alpha value is -1.88. The Bertz CT molecular complexity index is 556. The van der Waals surface area contributed by atoms with Crippen molar-refractivity contribution in [1.29, 1.82) is 0 Å². The van der Waals surface area contributed by atoms with Gasteiger partial charge in [0.25, 0.3) is 11.8 Å². The van der Waals surface area contributed by atoms with Crippen molar-refractivity contribution in [2.24, 2.45) is 5.92 Å². The lowest BCUT2D eigenvalue weighted by Gasteiger charge is -2.30. The third-order valence-corrected chi connectivity index (χ3v) is 4.75. The summed E-state index contributed by atoms with van der Waals surface area (Å²) in [5, 5.41) is 0. The molecule has 23 heavy (non-hydrogen) atoms. The Labute approximate surface area is 137 Å². The molecule has 2 saturated heterocycles. The van der Waals surface area contributed by atoms with Crippen LogP contribution < -0.4 is 0 Å². The molecule has 5 heteroatoms. The molecule has 0 spiro atoms. The molecule has 0 bridgehead atoms. The number of amides is 2. The van der Waals surface area contributed by atoms with Gasteiger partial charge in [0.1, 0.15) is 0 Å². The summed E-state index contributed by atoms with van der Waals surface area (Å²) in [6, 6.07) is 7.07. The minimum atomic E-state index is 0.0131. The van der Waals surface area contributed by atoms with E-state index in [0.29, 0.717) is 43.3 Å². The highest BCUT2D eigenvalue weighted by molar-refractivity contribution is 5.97. The van der Waals surface area contributed by atoms with Crippen molar-refractivity contribution in [2.75, 3.05) is 39.4 Å². The molecule has 1 aromatic rings. The second-order valence-electron chi connectivity index (χ2n) is 6.46. The van der Waals surface area contributed by atoms with Crippen LogP contribution in [0.2, 0.25) is 0 Å². The van der Waals surface area contributed by atoms with Crippen molar-refractivity contribution in [3.8, 4) is 0 Å². The maximum atomic E-state index is 12.5. The Kier molecular flexibility index (Phi) is 4.96. The molecule has 0 radical (unpaired) electrons. The molecule has 3 rings (SSSR count). The average molecular weight is 316 g/mol. The van der Waals surface area contributed by atoms with Gasteiger partial charge in [0, 0.05) is 37.3 Å². The lowest BCUT2D eigenvalue weighted by molar-refractivity contribution is 0.0303. The SMILES string of the molecule is CC1CCN(C(=O)c2ccc(C(=O)N3CCOCC3)cc2)CC1. The molecule has 2 amide bonds. The number of morpholine rings is 1. The van der Waals surface area contributed by atoms with Crippen molar-refractivity contribution in [3.05, 3.63) is 35.4 Å². The molecule has 0 aromatic heterocycles. The third-order valence-electron chi connectivity index (χ3n) is 4.75. The van der Waals surface area contributed by atoms with Crippen molar-refractivity contribution in [2.45, 2.75) is 19.8 Å². The second-order valence-corrected chi connectivity index (χ2v) is 6.46. The molecule has 2 aliphatic heterocycles. The minimum absolute atomic E-state index is 0.0131. The van der Waals surface area contributed by atoms with Crippen molar-refractivity contribution in [1.82, 2.24) is 9.80 Å². The van der Waals surface area contributed by atoms with Gasteiger partial charge in [-0.2, -0.15) is 0 Å². The van der Waals surface area contributed by atoms with Crippen LogP contribution in [0.15, 0.2) is 24.3 Å². The number of nitrogens with zero attached hydrogens (tertiary/aromatic N) is 2. The molecular formula is C18H24N2O3. The maximum absolute atomic E-state index is 12.5. The number of hydrogen-bond donors (Lipinski definition) is 0. The number of ether oxygens (including phenoxy) is 1. The van der Waals surface area contributed by atoms with Crippen LogP contribution in [0.3, 0.4) is 0 Å². The summed E-state index contributed by atoms with van der Waals surface area (Å²) >= 11 is 0. The Balaban J connectivity index is 1.64. The van der Waals surface area contributed by atoms with Gasteiger partial charge < -0.3 is 14.5 Å². The van der Waals surface area contributed by atoms with Crippen LogP contribution in [-0.2, 0) is 4.74 Å². The molecule has 2 aliphatic rings. The smallest absolute Gasteiger partial charge is 0.254 e. The lowest BCUT2D eigenvalue weighted by Crippen LogP contribution is -2.40. The number of rotatable bonds is 2. The van der Waals surface area contributed by atoms with E-state index in [1.807, 2.05) is 4.90 Å². The molecule has 124 valence electrons. The van der Waals surface area contributed by atoms with E-state index in [9.17, 15) is 9.59 Å². The number of likely N-dealkylation sites (tertiary alicyclic amines) is 1. The van der Waals surface area contributed by atoms with Gasteiger partial charge in [0.15, 0.2) is 0 Å². The zero-order valence-corrected chi connectivity index (χ0v) is 13.7. The average Bonchev–Trinajstić information content (AvgIpc) is 2.62. The molecular weight excluding hydrogens is 292 g/mol. The van der Waals surface area contributed by atoms with E-state index in [0.717, 1.165) is 25.9 Å². The Morgan fingerprint density at radius 3 is 1.78 bits per heavy atom. The first-order valence-electron chi connectivity index (χ1n) is 8.41. The number of hydrogen-bond acceptors (Lipinski definition) is 3. The van der Waals surface area contributed by atoms with E-state index in [-0.39, 0.29) is 11.8 Å². The van der Waals surface area contributed by atoms with Gasteiger partial charge in [-0.05, 0) is 43.0 Å². The van der Waals surface area contributed by atoms with Gasteiger partial charge in [-0.25, -0.2) is 0 Å². The van der Waals surface area contributed by atoms with Crippen LogP contribution in [0.25, 0.3) is 0 Å². The predicted octanol–water partition coefficient (Wildman–Crippen LogP) is 2.03. The minimum Gasteiger partial charge on any atom is -0.378 e. The van der Waals surface area contributed by atoms with Gasteiger partial charge in [-0.3, -0.25) is 9.59 Å². The van der Waals surface area contributed by atoms with Crippen LogP contribution in [0.1, 0.15) is 40.5 Å². The zero-order chi connectivity index (χ0) is 16.2. The van der Waals surface area contributed by atoms with Crippen molar-refractivity contribution >= 4 is 11.8 Å². The zero-order valence-electron chi connectivity index (χ0n) is 13.7. The molecule has 0 atom stereocenters. The van der Waals surface area contributed by atoms with Crippen LogP contribution in [0, 0.1) is 5.92 Å². The van der Waals surface area contributed by atoms with Crippen molar-refractivity contribution in [3.63, 3.8) is 0 Å². The highest BCUT2D eigenvalue weighted by atomic mass is 16.5. The van der Waals surface area contributed by atoms with Gasteiger partial charge in [0.2, 0.25) is 0 Å². The fourth-order valence-corrected chi connectivity index (χ4v) is 3.10. The molecule has 5 nitrogen and oxygen atoms in total. The fourth-order valence-electron chi connectivity index (χ4n) is 3.10. The summed E-state index contributed by atoms with van der Waals surface area (Å²) in [6.07, 6.45) is 2.14. The highest BCUT2D eigenvalue weighted by Crippen LogP contribution is 2.18. The Morgan fingerprint density at radius 2 is 1.30 bits per heavy atom. The molecule has 0 N–H and O–H groups in total. The first-order valence-corrected chi connectivity index (χ1v) is 8.41. The topological polar surface area (TPSA) is 49.9 Å². The molecule has 2 fully saturated rings. The standard InChI is InChI=1S/C18H24N2O3/c1-14-6-8-19(9-7-14)17(21)15-2-4-16(5-3-15)18(22)20-10-12-23-13-11-20/h2-5,14H,6-13H2,1H3. The van der Waals surface area contributed by atoms with Gasteiger partial charge >= 0.3 is 0 Å². The molecule has 2 heterocycles. The third kappa shape index (κ3) is 3.72. The normalized spacial score (nSPS) is 19.7. The summed E-state index contributed by atoms with van der Waals surface area (Å²) in [7, 11) is 0. The summed E-state index contributed by atoms with van der Waals surface area (Å²) in [4.78, 5) is 28.6. The molecule has 1 aromatic carbocycles. The van der Waals surface area contributed by atoms with Crippen LogP contribution in [0.4, 0.5) is 0 Å². The monoisotopic (exact) mass is 316 g/mol. The summed E-state index contributed by atoms with van der Waals surface area (Å²) in [5.41, 5.74) is 1.30. The number of carbonyl (C=O) groups excluding carboxylic acids is 2. The second kappa shape index (κ2) is 7.13. The van der Waals surface area contributed by atoms with Crippen LogP contribution in [-0.4, -0.2) is 61.0 Å². The van der Waals surface area contributed by atoms with E-state index < -0.39 is 0 Å². The van der Waals surface area contributed by atoms with Crippen LogP contribution in [0.5, 0.6) is 0 Å². The van der Waals surface area contributed by atoms with E-state index >= 15 is 0 Å². The Morgan fingerprint density at radius 1 is 0.870 bits per heavy atom. The summed E-state index contributed by atoms with van der Waals surface area (Å²) in [5.74, 6) is 0.786.